The van der Waals surface area contributed by atoms with Crippen LogP contribution >= 0.6 is 0 Å². The van der Waals surface area contributed by atoms with Gasteiger partial charge in [-0.25, -0.2) is 14.6 Å². The standard InChI is InChI=1S/C25H23N3O6/c29-13-12-21(24(31)32)27-23(30)20-10-5-11-22(26-20)28-25(33)34-14-19-17-8-3-1-6-15(17)16-7-2-4-9-18(16)19/h1-11,19,21,29H,12-14H2,(H,27,30)(H,31,32)(H,26,28,33)/t21-/m1/s1. The van der Waals surface area contributed by atoms with Crippen LogP contribution in [0.3, 0.4) is 0 Å². The quantitative estimate of drug-likeness (QED) is 0.405. The number of pyridine rings is 1. The molecule has 0 unspecified atom stereocenters. The summed E-state index contributed by atoms with van der Waals surface area (Å²) in [5, 5.41) is 22.9. The van der Waals surface area contributed by atoms with Crippen molar-refractivity contribution in [2.75, 3.05) is 18.5 Å². The molecule has 0 aliphatic heterocycles. The lowest BCUT2D eigenvalue weighted by Gasteiger charge is -2.15. The Labute approximate surface area is 195 Å². The summed E-state index contributed by atoms with van der Waals surface area (Å²) >= 11 is 0. The van der Waals surface area contributed by atoms with Crippen LogP contribution in [0, 0.1) is 0 Å². The van der Waals surface area contributed by atoms with Gasteiger partial charge in [0.05, 0.1) is 0 Å². The molecule has 1 aliphatic carbocycles. The molecule has 34 heavy (non-hydrogen) atoms. The SMILES string of the molecule is O=C(Nc1cccc(C(=O)N[C@H](CCO)C(=O)O)n1)OCC1c2ccccc2-c2ccccc21. The van der Waals surface area contributed by atoms with Crippen LogP contribution in [0.2, 0.25) is 0 Å². The van der Waals surface area contributed by atoms with E-state index >= 15 is 0 Å². The molecular formula is C25H23N3O6. The highest BCUT2D eigenvalue weighted by Gasteiger charge is 2.29. The number of carboxylic acid groups (broad SMARTS) is 1. The average molecular weight is 461 g/mol. The molecule has 2 aromatic carbocycles. The van der Waals surface area contributed by atoms with E-state index in [2.05, 4.69) is 15.6 Å². The molecule has 1 aliphatic rings. The molecule has 174 valence electrons. The zero-order valence-electron chi connectivity index (χ0n) is 18.1. The Morgan fingerprint density at radius 2 is 1.59 bits per heavy atom. The molecule has 4 N–H and O–H groups in total. The van der Waals surface area contributed by atoms with Crippen molar-refractivity contribution >= 4 is 23.8 Å². The van der Waals surface area contributed by atoms with Crippen molar-refractivity contribution in [3.63, 3.8) is 0 Å². The molecule has 0 saturated carbocycles. The van der Waals surface area contributed by atoms with E-state index in [0.29, 0.717) is 0 Å². The van der Waals surface area contributed by atoms with Gasteiger partial charge in [0.15, 0.2) is 0 Å². The first kappa shape index (κ1) is 22.9. The van der Waals surface area contributed by atoms with Crippen LogP contribution in [0.5, 0.6) is 0 Å². The first-order chi connectivity index (χ1) is 16.5. The van der Waals surface area contributed by atoms with Gasteiger partial charge in [-0.15, -0.1) is 0 Å². The fourth-order valence-corrected chi connectivity index (χ4v) is 3.99. The fraction of sp³-hybridized carbons (Fsp3) is 0.200. The minimum Gasteiger partial charge on any atom is -0.480 e. The number of rotatable bonds is 8. The highest BCUT2D eigenvalue weighted by atomic mass is 16.5. The minimum atomic E-state index is -1.27. The Balaban J connectivity index is 1.40. The van der Waals surface area contributed by atoms with E-state index in [4.69, 9.17) is 14.9 Å². The summed E-state index contributed by atoms with van der Waals surface area (Å²) in [6.07, 6.45) is -0.866. The number of carbonyl (C=O) groups excluding carboxylic acids is 2. The van der Waals surface area contributed by atoms with Crippen molar-refractivity contribution in [1.82, 2.24) is 10.3 Å². The molecule has 2 amide bonds. The van der Waals surface area contributed by atoms with Crippen molar-refractivity contribution in [2.45, 2.75) is 18.4 Å². The number of ether oxygens (including phenoxy) is 1. The van der Waals surface area contributed by atoms with Gasteiger partial charge in [-0.1, -0.05) is 54.6 Å². The highest BCUT2D eigenvalue weighted by Crippen LogP contribution is 2.44. The number of amides is 2. The molecule has 0 fully saturated rings. The molecule has 1 heterocycles. The lowest BCUT2D eigenvalue weighted by atomic mass is 9.98. The number of aliphatic hydroxyl groups excluding tert-OH is 1. The third-order valence-corrected chi connectivity index (χ3v) is 5.58. The molecule has 9 nitrogen and oxygen atoms in total. The summed E-state index contributed by atoms with van der Waals surface area (Å²) in [5.41, 5.74) is 4.33. The van der Waals surface area contributed by atoms with E-state index in [0.717, 1.165) is 22.3 Å². The van der Waals surface area contributed by atoms with Crippen molar-refractivity contribution in [3.8, 4) is 11.1 Å². The summed E-state index contributed by atoms with van der Waals surface area (Å²) in [4.78, 5) is 40.0. The van der Waals surface area contributed by atoms with Crippen LogP contribution in [-0.2, 0) is 9.53 Å². The van der Waals surface area contributed by atoms with Crippen molar-refractivity contribution in [3.05, 3.63) is 83.6 Å². The Morgan fingerprint density at radius 3 is 2.21 bits per heavy atom. The van der Waals surface area contributed by atoms with Gasteiger partial charge in [0.1, 0.15) is 24.2 Å². The number of anilines is 1. The summed E-state index contributed by atoms with van der Waals surface area (Å²) in [7, 11) is 0. The number of fused-ring (bicyclic) bond motifs is 3. The van der Waals surface area contributed by atoms with Crippen LogP contribution in [0.1, 0.15) is 34.0 Å². The van der Waals surface area contributed by atoms with Gasteiger partial charge < -0.3 is 20.3 Å². The molecule has 1 aromatic heterocycles. The van der Waals surface area contributed by atoms with E-state index in [1.54, 1.807) is 0 Å². The maximum atomic E-state index is 12.4. The maximum absolute atomic E-state index is 12.4. The number of nitrogens with zero attached hydrogens (tertiary/aromatic N) is 1. The smallest absolute Gasteiger partial charge is 0.412 e. The summed E-state index contributed by atoms with van der Waals surface area (Å²) in [6, 6.07) is 19.1. The summed E-state index contributed by atoms with van der Waals surface area (Å²) < 4.78 is 5.48. The van der Waals surface area contributed by atoms with Crippen LogP contribution in [0.4, 0.5) is 10.6 Å². The first-order valence-corrected chi connectivity index (χ1v) is 10.7. The highest BCUT2D eigenvalue weighted by molar-refractivity contribution is 5.95. The predicted molar refractivity (Wildman–Crippen MR) is 124 cm³/mol. The van der Waals surface area contributed by atoms with Gasteiger partial charge >= 0.3 is 12.1 Å². The minimum absolute atomic E-state index is 0.0823. The maximum Gasteiger partial charge on any atom is 0.412 e. The van der Waals surface area contributed by atoms with Crippen LogP contribution in [-0.4, -0.2) is 52.4 Å². The lowest BCUT2D eigenvalue weighted by molar-refractivity contribution is -0.139. The van der Waals surface area contributed by atoms with Crippen LogP contribution in [0.25, 0.3) is 11.1 Å². The van der Waals surface area contributed by atoms with Gasteiger partial charge in [0.25, 0.3) is 5.91 Å². The second kappa shape index (κ2) is 10.1. The van der Waals surface area contributed by atoms with Crippen molar-refractivity contribution in [1.29, 1.82) is 0 Å². The van der Waals surface area contributed by atoms with E-state index in [1.807, 2.05) is 48.5 Å². The van der Waals surface area contributed by atoms with Gasteiger partial charge in [-0.05, 0) is 34.4 Å². The number of nitrogens with one attached hydrogen (secondary N) is 2. The fourth-order valence-electron chi connectivity index (χ4n) is 3.99. The number of aliphatic hydroxyl groups is 1. The Morgan fingerprint density at radius 1 is 0.941 bits per heavy atom. The number of carbonyl (C=O) groups is 3. The third kappa shape index (κ3) is 4.89. The number of hydrogen-bond donors (Lipinski definition) is 4. The topological polar surface area (TPSA) is 138 Å². The van der Waals surface area contributed by atoms with Crippen LogP contribution in [0.15, 0.2) is 66.7 Å². The predicted octanol–water partition coefficient (Wildman–Crippen LogP) is 3.01. The van der Waals surface area contributed by atoms with Gasteiger partial charge in [-0.2, -0.15) is 0 Å². The number of hydrogen-bond acceptors (Lipinski definition) is 6. The lowest BCUT2D eigenvalue weighted by Crippen LogP contribution is -2.41. The van der Waals surface area contributed by atoms with E-state index in [-0.39, 0.29) is 30.5 Å². The Hall–Kier alpha value is -4.24. The van der Waals surface area contributed by atoms with Crippen molar-refractivity contribution < 1.29 is 29.3 Å². The van der Waals surface area contributed by atoms with E-state index < -0.39 is 30.6 Å². The molecular weight excluding hydrogens is 438 g/mol. The molecule has 0 bridgehead atoms. The van der Waals surface area contributed by atoms with Gasteiger partial charge in [0, 0.05) is 18.9 Å². The molecule has 0 radical (unpaired) electrons. The zero-order chi connectivity index (χ0) is 24.1. The first-order valence-electron chi connectivity index (χ1n) is 10.7. The molecule has 4 rings (SSSR count). The van der Waals surface area contributed by atoms with E-state index in [1.165, 1.54) is 18.2 Å². The Kier molecular flexibility index (Phi) is 6.84. The number of carboxylic acids is 1. The number of benzene rings is 2. The third-order valence-electron chi connectivity index (χ3n) is 5.58. The van der Waals surface area contributed by atoms with Crippen LogP contribution < -0.4 is 10.6 Å². The molecule has 0 spiro atoms. The summed E-state index contributed by atoms with van der Waals surface area (Å²) in [6.45, 7) is -0.268. The average Bonchev–Trinajstić information content (AvgIpc) is 3.16. The zero-order valence-corrected chi connectivity index (χ0v) is 18.1. The molecule has 1 atom stereocenters. The summed E-state index contributed by atoms with van der Waals surface area (Å²) in [5.74, 6) is -2.02. The second-order valence-corrected chi connectivity index (χ2v) is 7.74. The number of aromatic nitrogens is 1. The molecule has 3 aromatic rings. The monoisotopic (exact) mass is 461 g/mol. The number of aliphatic carboxylic acids is 1. The van der Waals surface area contributed by atoms with Gasteiger partial charge in [0.2, 0.25) is 0 Å². The normalized spacial score (nSPS) is 12.9. The van der Waals surface area contributed by atoms with Crippen molar-refractivity contribution in [2.24, 2.45) is 0 Å². The largest absolute Gasteiger partial charge is 0.480 e. The second-order valence-electron chi connectivity index (χ2n) is 7.74. The Bertz CT molecular complexity index is 1180. The molecule has 0 saturated heterocycles. The van der Waals surface area contributed by atoms with E-state index in [9.17, 15) is 14.4 Å². The van der Waals surface area contributed by atoms with Gasteiger partial charge in [-0.3, -0.25) is 10.1 Å². The molecule has 9 heteroatoms.